The fraction of sp³-hybridized carbons (Fsp3) is 0.400. The molecule has 0 atom stereocenters. The second kappa shape index (κ2) is 3.88. The number of aromatic nitrogens is 2. The molecule has 6 nitrogen and oxygen atoms in total. The molecule has 0 spiro atoms. The summed E-state index contributed by atoms with van der Waals surface area (Å²) in [5.74, 6) is -1.09. The number of hydrogen-bond donors (Lipinski definition) is 1. The monoisotopic (exact) mass is 221 g/mol. The molecule has 1 saturated heterocycles. The van der Waals surface area contributed by atoms with Gasteiger partial charge in [0.05, 0.1) is 0 Å². The Hall–Kier alpha value is -1.98. The van der Waals surface area contributed by atoms with E-state index in [-0.39, 0.29) is 11.7 Å². The number of rotatable bonds is 2. The Bertz CT molecular complexity index is 459. The van der Waals surface area contributed by atoms with Crippen LogP contribution in [0.15, 0.2) is 6.07 Å². The number of aryl methyl sites for hydroxylation is 1. The van der Waals surface area contributed by atoms with Crippen LogP contribution in [-0.4, -0.2) is 33.5 Å². The van der Waals surface area contributed by atoms with Crippen molar-refractivity contribution in [3.63, 3.8) is 0 Å². The maximum absolute atomic E-state index is 11.5. The first-order valence-electron chi connectivity index (χ1n) is 4.97. The molecule has 2 heterocycles. The lowest BCUT2D eigenvalue weighted by atomic mass is 10.4. The molecule has 2 rings (SSSR count). The molecule has 0 unspecified atom stereocenters. The van der Waals surface area contributed by atoms with Crippen molar-refractivity contribution in [2.75, 3.05) is 11.4 Å². The van der Waals surface area contributed by atoms with Crippen molar-refractivity contribution in [2.24, 2.45) is 0 Å². The Morgan fingerprint density at radius 3 is 2.81 bits per heavy atom. The predicted molar refractivity (Wildman–Crippen MR) is 55.3 cm³/mol. The van der Waals surface area contributed by atoms with Crippen molar-refractivity contribution in [2.45, 2.75) is 19.8 Å². The van der Waals surface area contributed by atoms with Gasteiger partial charge in [-0.05, 0) is 13.3 Å². The molecule has 1 amide bonds. The zero-order chi connectivity index (χ0) is 11.7. The van der Waals surface area contributed by atoms with Gasteiger partial charge >= 0.3 is 5.97 Å². The number of nitrogens with zero attached hydrogens (tertiary/aromatic N) is 3. The number of carboxylic acids is 1. The third kappa shape index (κ3) is 1.86. The van der Waals surface area contributed by atoms with Gasteiger partial charge in [-0.3, -0.25) is 9.69 Å². The standard InChI is InChI=1S/C10H11N3O3/c1-6-5-7(12-9(11-6)10(15)16)13-4-2-3-8(13)14/h5H,2-4H2,1H3,(H,15,16). The smallest absolute Gasteiger partial charge is 0.374 e. The summed E-state index contributed by atoms with van der Waals surface area (Å²) < 4.78 is 0. The third-order valence-electron chi connectivity index (χ3n) is 2.38. The maximum Gasteiger partial charge on any atom is 0.374 e. The average molecular weight is 221 g/mol. The predicted octanol–water partition coefficient (Wildman–Crippen LogP) is 0.610. The number of aromatic carboxylic acids is 1. The number of hydrogen-bond acceptors (Lipinski definition) is 4. The minimum atomic E-state index is -1.18. The van der Waals surface area contributed by atoms with Crippen LogP contribution in [0.4, 0.5) is 5.82 Å². The van der Waals surface area contributed by atoms with Gasteiger partial charge in [-0.15, -0.1) is 0 Å². The van der Waals surface area contributed by atoms with Crippen LogP contribution in [0.2, 0.25) is 0 Å². The van der Waals surface area contributed by atoms with Crippen LogP contribution >= 0.6 is 0 Å². The van der Waals surface area contributed by atoms with Crippen LogP contribution < -0.4 is 4.90 Å². The summed E-state index contributed by atoms with van der Waals surface area (Å²) in [5, 5.41) is 8.81. The van der Waals surface area contributed by atoms with Gasteiger partial charge in [-0.1, -0.05) is 0 Å². The van der Waals surface area contributed by atoms with Gasteiger partial charge in [0.25, 0.3) is 0 Å². The van der Waals surface area contributed by atoms with E-state index in [0.29, 0.717) is 24.5 Å². The van der Waals surface area contributed by atoms with Crippen molar-refractivity contribution in [1.29, 1.82) is 0 Å². The summed E-state index contributed by atoms with van der Waals surface area (Å²) in [4.78, 5) is 31.4. The van der Waals surface area contributed by atoms with Crippen LogP contribution in [-0.2, 0) is 4.79 Å². The Morgan fingerprint density at radius 2 is 2.25 bits per heavy atom. The van der Waals surface area contributed by atoms with Crippen molar-refractivity contribution in [3.8, 4) is 0 Å². The van der Waals surface area contributed by atoms with E-state index in [0.717, 1.165) is 6.42 Å². The van der Waals surface area contributed by atoms with Crippen LogP contribution in [0.3, 0.4) is 0 Å². The van der Waals surface area contributed by atoms with Crippen LogP contribution in [0, 0.1) is 6.92 Å². The Kier molecular flexibility index (Phi) is 2.55. The van der Waals surface area contributed by atoms with Crippen molar-refractivity contribution in [3.05, 3.63) is 17.6 Å². The minimum Gasteiger partial charge on any atom is -0.475 e. The molecular weight excluding hydrogens is 210 g/mol. The van der Waals surface area contributed by atoms with Gasteiger partial charge in [0.1, 0.15) is 5.82 Å². The summed E-state index contributed by atoms with van der Waals surface area (Å²) in [6, 6.07) is 1.62. The highest BCUT2D eigenvalue weighted by atomic mass is 16.4. The second-order valence-corrected chi connectivity index (χ2v) is 3.65. The minimum absolute atomic E-state index is 0.0190. The molecule has 1 aromatic rings. The Morgan fingerprint density at radius 1 is 1.50 bits per heavy atom. The zero-order valence-corrected chi connectivity index (χ0v) is 8.80. The van der Waals surface area contributed by atoms with Crippen molar-refractivity contribution < 1.29 is 14.7 Å². The average Bonchev–Trinajstić information content (AvgIpc) is 2.63. The molecule has 0 bridgehead atoms. The van der Waals surface area contributed by atoms with Gasteiger partial charge in [-0.25, -0.2) is 14.8 Å². The molecule has 1 N–H and O–H groups in total. The van der Waals surface area contributed by atoms with Crippen molar-refractivity contribution >= 4 is 17.7 Å². The topological polar surface area (TPSA) is 83.4 Å². The highest BCUT2D eigenvalue weighted by Gasteiger charge is 2.24. The molecular formula is C10H11N3O3. The summed E-state index contributed by atoms with van der Waals surface area (Å²) in [6.07, 6.45) is 1.27. The summed E-state index contributed by atoms with van der Waals surface area (Å²) >= 11 is 0. The Balaban J connectivity index is 2.40. The first kappa shape index (κ1) is 10.5. The van der Waals surface area contributed by atoms with E-state index in [1.54, 1.807) is 13.0 Å². The lowest BCUT2D eigenvalue weighted by Gasteiger charge is -2.14. The van der Waals surface area contributed by atoms with Crippen LogP contribution in [0.5, 0.6) is 0 Å². The second-order valence-electron chi connectivity index (χ2n) is 3.65. The van der Waals surface area contributed by atoms with E-state index in [9.17, 15) is 9.59 Å². The molecule has 84 valence electrons. The van der Waals surface area contributed by atoms with Gasteiger partial charge in [0.15, 0.2) is 0 Å². The first-order valence-corrected chi connectivity index (χ1v) is 4.97. The van der Waals surface area contributed by atoms with E-state index in [4.69, 9.17) is 5.11 Å². The van der Waals surface area contributed by atoms with Gasteiger partial charge < -0.3 is 5.11 Å². The molecule has 0 aliphatic carbocycles. The molecule has 16 heavy (non-hydrogen) atoms. The molecule has 1 fully saturated rings. The molecule has 1 aromatic heterocycles. The fourth-order valence-corrected chi connectivity index (χ4v) is 1.68. The zero-order valence-electron chi connectivity index (χ0n) is 8.80. The lowest BCUT2D eigenvalue weighted by molar-refractivity contribution is -0.117. The van der Waals surface area contributed by atoms with Crippen LogP contribution in [0.1, 0.15) is 29.2 Å². The molecule has 0 radical (unpaired) electrons. The van der Waals surface area contributed by atoms with Gasteiger partial charge in [0.2, 0.25) is 11.7 Å². The van der Waals surface area contributed by atoms with E-state index in [1.165, 1.54) is 4.90 Å². The highest BCUT2D eigenvalue weighted by Crippen LogP contribution is 2.19. The number of carbonyl (C=O) groups is 2. The first-order chi connectivity index (χ1) is 7.58. The summed E-state index contributed by atoms with van der Waals surface area (Å²) in [6.45, 7) is 2.27. The van der Waals surface area contributed by atoms with Gasteiger partial charge in [0, 0.05) is 24.7 Å². The van der Waals surface area contributed by atoms with E-state index >= 15 is 0 Å². The normalized spacial score (nSPS) is 15.6. The molecule has 0 aromatic carbocycles. The van der Waals surface area contributed by atoms with Gasteiger partial charge in [-0.2, -0.15) is 0 Å². The number of amides is 1. The molecule has 6 heteroatoms. The summed E-state index contributed by atoms with van der Waals surface area (Å²) in [5.41, 5.74) is 0.544. The quantitative estimate of drug-likeness (QED) is 0.791. The molecule has 0 saturated carbocycles. The fourth-order valence-electron chi connectivity index (χ4n) is 1.68. The number of carboxylic acid groups (broad SMARTS) is 1. The molecule has 1 aliphatic heterocycles. The van der Waals surface area contributed by atoms with E-state index < -0.39 is 5.97 Å². The Labute approximate surface area is 91.9 Å². The van der Waals surface area contributed by atoms with E-state index in [1.807, 2.05) is 0 Å². The number of anilines is 1. The van der Waals surface area contributed by atoms with Crippen molar-refractivity contribution in [1.82, 2.24) is 9.97 Å². The summed E-state index contributed by atoms with van der Waals surface area (Å²) in [7, 11) is 0. The lowest BCUT2D eigenvalue weighted by Crippen LogP contribution is -2.26. The maximum atomic E-state index is 11.5. The SMILES string of the molecule is Cc1cc(N2CCCC2=O)nc(C(=O)O)n1. The number of carbonyl (C=O) groups excluding carboxylic acids is 1. The molecule has 1 aliphatic rings. The van der Waals surface area contributed by atoms with Crippen LogP contribution in [0.25, 0.3) is 0 Å². The highest BCUT2D eigenvalue weighted by molar-refractivity contribution is 5.95. The third-order valence-corrected chi connectivity index (χ3v) is 2.38. The van der Waals surface area contributed by atoms with E-state index in [2.05, 4.69) is 9.97 Å². The largest absolute Gasteiger partial charge is 0.475 e.